The van der Waals surface area contributed by atoms with Crippen molar-refractivity contribution in [3.8, 4) is 0 Å². The van der Waals surface area contributed by atoms with E-state index in [9.17, 15) is 9.90 Å². The van der Waals surface area contributed by atoms with Crippen LogP contribution in [0.4, 0.5) is 0 Å². The first-order valence-corrected chi connectivity index (χ1v) is 5.94. The van der Waals surface area contributed by atoms with Gasteiger partial charge in [0.05, 0.1) is 0 Å². The quantitative estimate of drug-likeness (QED) is 0.888. The highest BCUT2D eigenvalue weighted by molar-refractivity contribution is 9.10. The molecular formula is C12H16BrNO2. The largest absolute Gasteiger partial charge is 0.381 e. The van der Waals surface area contributed by atoms with Gasteiger partial charge in [-0.05, 0) is 38.0 Å². The summed E-state index contributed by atoms with van der Waals surface area (Å²) in [5, 5.41) is 12.1. The third-order valence-electron chi connectivity index (χ3n) is 2.17. The van der Waals surface area contributed by atoms with Gasteiger partial charge in [-0.25, -0.2) is 0 Å². The van der Waals surface area contributed by atoms with Gasteiger partial charge in [0.1, 0.15) is 5.60 Å². The topological polar surface area (TPSA) is 49.3 Å². The van der Waals surface area contributed by atoms with Crippen LogP contribution in [0.25, 0.3) is 0 Å². The summed E-state index contributed by atoms with van der Waals surface area (Å²) < 4.78 is 1.04. The van der Waals surface area contributed by atoms with Crippen LogP contribution in [-0.2, 0) is 11.2 Å². The molecule has 0 saturated heterocycles. The normalized spacial score (nSPS) is 11.2. The van der Waals surface area contributed by atoms with E-state index in [0.29, 0.717) is 6.54 Å². The molecule has 1 rings (SSSR count). The SMILES string of the molecule is CC(C)(O)C(=O)NCCc1ccc(Br)cc1. The Labute approximate surface area is 104 Å². The number of nitrogens with one attached hydrogen (secondary N) is 1. The average Bonchev–Trinajstić information content (AvgIpc) is 2.19. The highest BCUT2D eigenvalue weighted by Gasteiger charge is 2.22. The maximum atomic E-state index is 11.3. The van der Waals surface area contributed by atoms with E-state index < -0.39 is 5.60 Å². The monoisotopic (exact) mass is 285 g/mol. The minimum Gasteiger partial charge on any atom is -0.381 e. The molecule has 2 N–H and O–H groups in total. The molecule has 0 aromatic heterocycles. The fourth-order valence-corrected chi connectivity index (χ4v) is 1.45. The Balaban J connectivity index is 2.36. The van der Waals surface area contributed by atoms with Gasteiger partial charge in [0.2, 0.25) is 0 Å². The third-order valence-corrected chi connectivity index (χ3v) is 2.70. The van der Waals surface area contributed by atoms with Crippen LogP contribution in [-0.4, -0.2) is 23.2 Å². The summed E-state index contributed by atoms with van der Waals surface area (Å²) in [5.74, 6) is -0.343. The van der Waals surface area contributed by atoms with Crippen LogP contribution in [0.3, 0.4) is 0 Å². The van der Waals surface area contributed by atoms with Crippen molar-refractivity contribution in [2.45, 2.75) is 25.9 Å². The molecule has 0 heterocycles. The van der Waals surface area contributed by atoms with Crippen LogP contribution in [0.1, 0.15) is 19.4 Å². The number of carbonyl (C=O) groups excluding carboxylic acids is 1. The van der Waals surface area contributed by atoms with Gasteiger partial charge in [-0.1, -0.05) is 28.1 Å². The fourth-order valence-electron chi connectivity index (χ4n) is 1.19. The third kappa shape index (κ3) is 4.33. The van der Waals surface area contributed by atoms with Gasteiger partial charge in [-0.15, -0.1) is 0 Å². The molecule has 16 heavy (non-hydrogen) atoms. The number of hydrogen-bond donors (Lipinski definition) is 2. The van der Waals surface area contributed by atoms with Crippen LogP contribution >= 0.6 is 15.9 Å². The van der Waals surface area contributed by atoms with E-state index in [1.807, 2.05) is 24.3 Å². The van der Waals surface area contributed by atoms with Crippen molar-refractivity contribution in [2.24, 2.45) is 0 Å². The lowest BCUT2D eigenvalue weighted by Gasteiger charge is -2.16. The Bertz CT molecular complexity index is 354. The summed E-state index contributed by atoms with van der Waals surface area (Å²) in [4.78, 5) is 11.3. The van der Waals surface area contributed by atoms with Gasteiger partial charge >= 0.3 is 0 Å². The molecule has 0 aliphatic carbocycles. The number of amides is 1. The van der Waals surface area contributed by atoms with E-state index >= 15 is 0 Å². The van der Waals surface area contributed by atoms with E-state index in [1.165, 1.54) is 13.8 Å². The molecule has 0 fully saturated rings. The lowest BCUT2D eigenvalue weighted by molar-refractivity contribution is -0.136. The summed E-state index contributed by atoms with van der Waals surface area (Å²) in [6.07, 6.45) is 0.759. The molecule has 1 aromatic rings. The summed E-state index contributed by atoms with van der Waals surface area (Å²) in [6, 6.07) is 7.93. The number of carbonyl (C=O) groups is 1. The zero-order chi connectivity index (χ0) is 12.2. The predicted octanol–water partition coefficient (Wildman–Crippen LogP) is 1.88. The smallest absolute Gasteiger partial charge is 0.251 e. The number of aliphatic hydroxyl groups is 1. The van der Waals surface area contributed by atoms with Crippen molar-refractivity contribution >= 4 is 21.8 Å². The molecule has 0 unspecified atom stereocenters. The van der Waals surface area contributed by atoms with Crippen LogP contribution in [0.5, 0.6) is 0 Å². The highest BCUT2D eigenvalue weighted by atomic mass is 79.9. The number of halogens is 1. The van der Waals surface area contributed by atoms with E-state index in [2.05, 4.69) is 21.2 Å². The van der Waals surface area contributed by atoms with Gasteiger partial charge < -0.3 is 10.4 Å². The van der Waals surface area contributed by atoms with Crippen LogP contribution in [0, 0.1) is 0 Å². The van der Waals surface area contributed by atoms with Crippen molar-refractivity contribution in [2.75, 3.05) is 6.54 Å². The minimum absolute atomic E-state index is 0.343. The van der Waals surface area contributed by atoms with Crippen molar-refractivity contribution in [1.29, 1.82) is 0 Å². The molecule has 0 bridgehead atoms. The fraction of sp³-hybridized carbons (Fsp3) is 0.417. The molecular weight excluding hydrogens is 270 g/mol. The molecule has 1 aromatic carbocycles. The van der Waals surface area contributed by atoms with E-state index in [-0.39, 0.29) is 5.91 Å². The Morgan fingerprint density at radius 2 is 1.94 bits per heavy atom. The molecule has 0 saturated carbocycles. The molecule has 3 nitrogen and oxygen atoms in total. The van der Waals surface area contributed by atoms with Gasteiger partial charge in [0, 0.05) is 11.0 Å². The zero-order valence-corrected chi connectivity index (χ0v) is 11.0. The van der Waals surface area contributed by atoms with Gasteiger partial charge in [0.25, 0.3) is 5.91 Å². The van der Waals surface area contributed by atoms with Gasteiger partial charge in [-0.2, -0.15) is 0 Å². The average molecular weight is 286 g/mol. The first kappa shape index (κ1) is 13.2. The number of benzene rings is 1. The molecule has 4 heteroatoms. The Hall–Kier alpha value is -0.870. The van der Waals surface area contributed by atoms with Gasteiger partial charge in [0.15, 0.2) is 0 Å². The van der Waals surface area contributed by atoms with Crippen molar-refractivity contribution in [3.05, 3.63) is 34.3 Å². The summed E-state index contributed by atoms with van der Waals surface area (Å²) in [6.45, 7) is 3.48. The first-order valence-electron chi connectivity index (χ1n) is 5.15. The second-order valence-corrected chi connectivity index (χ2v) is 5.11. The highest BCUT2D eigenvalue weighted by Crippen LogP contribution is 2.10. The van der Waals surface area contributed by atoms with Gasteiger partial charge in [-0.3, -0.25) is 4.79 Å². The summed E-state index contributed by atoms with van der Waals surface area (Å²) in [5.41, 5.74) is -0.154. The Kier molecular flexibility index (Phi) is 4.50. The molecule has 0 aliphatic heterocycles. The van der Waals surface area contributed by atoms with Crippen LogP contribution < -0.4 is 5.32 Å². The zero-order valence-electron chi connectivity index (χ0n) is 9.46. The molecule has 1 amide bonds. The minimum atomic E-state index is -1.31. The van der Waals surface area contributed by atoms with E-state index in [4.69, 9.17) is 0 Å². The van der Waals surface area contributed by atoms with E-state index in [0.717, 1.165) is 16.5 Å². The molecule has 88 valence electrons. The number of rotatable bonds is 4. The lowest BCUT2D eigenvalue weighted by atomic mass is 10.1. The first-order chi connectivity index (χ1) is 7.39. The second kappa shape index (κ2) is 5.46. The standard InChI is InChI=1S/C12H16BrNO2/c1-12(2,16)11(15)14-8-7-9-3-5-10(13)6-4-9/h3-6,16H,7-8H2,1-2H3,(H,14,15). The molecule has 0 spiro atoms. The van der Waals surface area contributed by atoms with Crippen molar-refractivity contribution in [1.82, 2.24) is 5.32 Å². The van der Waals surface area contributed by atoms with Crippen LogP contribution in [0.2, 0.25) is 0 Å². The number of hydrogen-bond acceptors (Lipinski definition) is 2. The summed E-state index contributed by atoms with van der Waals surface area (Å²) in [7, 11) is 0. The van der Waals surface area contributed by atoms with Crippen molar-refractivity contribution in [3.63, 3.8) is 0 Å². The second-order valence-electron chi connectivity index (χ2n) is 4.19. The molecule has 0 aliphatic rings. The van der Waals surface area contributed by atoms with E-state index in [1.54, 1.807) is 0 Å². The lowest BCUT2D eigenvalue weighted by Crippen LogP contribution is -2.42. The molecule has 0 radical (unpaired) electrons. The maximum Gasteiger partial charge on any atom is 0.251 e. The van der Waals surface area contributed by atoms with Crippen LogP contribution in [0.15, 0.2) is 28.7 Å². The molecule has 0 atom stereocenters. The predicted molar refractivity (Wildman–Crippen MR) is 67.2 cm³/mol. The Morgan fingerprint density at radius 3 is 2.44 bits per heavy atom. The maximum absolute atomic E-state index is 11.3. The van der Waals surface area contributed by atoms with Crippen molar-refractivity contribution < 1.29 is 9.90 Å². The Morgan fingerprint density at radius 1 is 1.38 bits per heavy atom. The summed E-state index contributed by atoms with van der Waals surface area (Å²) >= 11 is 3.36.